The molecule has 0 radical (unpaired) electrons. The van der Waals surface area contributed by atoms with E-state index in [9.17, 15) is 4.79 Å². The summed E-state index contributed by atoms with van der Waals surface area (Å²) in [7, 11) is 1.57. The number of nitrogens with zero attached hydrogens (tertiary/aromatic N) is 2. The zero-order chi connectivity index (χ0) is 18.0. The molecule has 0 saturated carbocycles. The minimum absolute atomic E-state index is 0.116. The summed E-state index contributed by atoms with van der Waals surface area (Å²) < 4.78 is 8.13. The van der Waals surface area contributed by atoms with Gasteiger partial charge in [0.05, 0.1) is 24.0 Å². The zero-order valence-corrected chi connectivity index (χ0v) is 16.5. The Bertz CT molecular complexity index is 873. The van der Waals surface area contributed by atoms with Crippen LogP contribution in [0.5, 0.6) is 5.75 Å². The van der Waals surface area contributed by atoms with Crippen LogP contribution in [0.25, 0.3) is 5.69 Å². The Morgan fingerprint density at radius 2 is 2.08 bits per heavy atom. The first kappa shape index (κ1) is 17.7. The van der Waals surface area contributed by atoms with Gasteiger partial charge in [0.15, 0.2) is 5.75 Å². The summed E-state index contributed by atoms with van der Waals surface area (Å²) in [5, 5.41) is 3.03. The summed E-state index contributed by atoms with van der Waals surface area (Å²) >= 11 is 4.88. The molecule has 0 saturated heterocycles. The summed E-state index contributed by atoms with van der Waals surface area (Å²) in [6, 6.07) is 7.91. The maximum atomic E-state index is 12.6. The number of carbonyl (C=O) groups excluding carboxylic acids is 1. The van der Waals surface area contributed by atoms with E-state index in [1.54, 1.807) is 19.6 Å². The van der Waals surface area contributed by atoms with Crippen molar-refractivity contribution in [3.8, 4) is 11.4 Å². The van der Waals surface area contributed by atoms with Gasteiger partial charge in [-0.25, -0.2) is 4.98 Å². The molecule has 1 aromatic carbocycles. The molecule has 25 heavy (non-hydrogen) atoms. The molecule has 2 aromatic heterocycles. The molecular formula is C18H18BrN3O2S. The normalized spacial score (nSPS) is 12.0. The van der Waals surface area contributed by atoms with Gasteiger partial charge in [0.1, 0.15) is 4.88 Å². The van der Waals surface area contributed by atoms with Gasteiger partial charge in [-0.3, -0.25) is 4.79 Å². The first-order valence-electron chi connectivity index (χ1n) is 7.73. The fourth-order valence-electron chi connectivity index (χ4n) is 2.53. The number of hydrogen-bond acceptors (Lipinski definition) is 4. The van der Waals surface area contributed by atoms with E-state index in [4.69, 9.17) is 4.74 Å². The second kappa shape index (κ2) is 7.41. The van der Waals surface area contributed by atoms with Gasteiger partial charge < -0.3 is 14.6 Å². The number of carbonyl (C=O) groups is 1. The summed E-state index contributed by atoms with van der Waals surface area (Å²) in [4.78, 5) is 18.3. The number of methoxy groups -OCH3 is 1. The molecule has 0 aliphatic heterocycles. The van der Waals surface area contributed by atoms with Crippen molar-refractivity contribution in [2.45, 2.75) is 19.9 Å². The molecule has 1 N–H and O–H groups in total. The second-order valence-corrected chi connectivity index (χ2v) is 7.61. The van der Waals surface area contributed by atoms with Gasteiger partial charge >= 0.3 is 0 Å². The average Bonchev–Trinajstić information content (AvgIpc) is 3.24. The van der Waals surface area contributed by atoms with Crippen molar-refractivity contribution in [2.24, 2.45) is 0 Å². The van der Waals surface area contributed by atoms with E-state index in [0.717, 1.165) is 20.6 Å². The number of aryl methyl sites for hydroxylation is 1. The quantitative estimate of drug-likeness (QED) is 0.661. The number of rotatable bonds is 5. The molecular weight excluding hydrogens is 402 g/mol. The van der Waals surface area contributed by atoms with Gasteiger partial charge in [-0.05, 0) is 47.5 Å². The Hall–Kier alpha value is -2.12. The SMILES string of the molecule is COc1c(C(=O)NC(C)c2ccc(-n3ccnc3)cc2)sc(C)c1Br. The van der Waals surface area contributed by atoms with Gasteiger partial charge in [0, 0.05) is 23.0 Å². The van der Waals surface area contributed by atoms with Crippen molar-refractivity contribution >= 4 is 33.2 Å². The number of thiophene rings is 1. The molecule has 3 aromatic rings. The molecule has 0 aliphatic rings. The van der Waals surface area contributed by atoms with Crippen molar-refractivity contribution in [3.63, 3.8) is 0 Å². The molecule has 0 bridgehead atoms. The van der Waals surface area contributed by atoms with E-state index in [0.29, 0.717) is 10.6 Å². The van der Waals surface area contributed by atoms with E-state index < -0.39 is 0 Å². The van der Waals surface area contributed by atoms with Crippen LogP contribution in [0.3, 0.4) is 0 Å². The van der Waals surface area contributed by atoms with Crippen LogP contribution >= 0.6 is 27.3 Å². The summed E-state index contributed by atoms with van der Waals surface area (Å²) in [6.45, 7) is 3.92. The lowest BCUT2D eigenvalue weighted by Crippen LogP contribution is -2.26. The van der Waals surface area contributed by atoms with Gasteiger partial charge in [-0.2, -0.15) is 0 Å². The monoisotopic (exact) mass is 419 g/mol. The van der Waals surface area contributed by atoms with Crippen LogP contribution in [0.15, 0.2) is 47.5 Å². The van der Waals surface area contributed by atoms with Gasteiger partial charge in [-0.1, -0.05) is 12.1 Å². The lowest BCUT2D eigenvalue weighted by molar-refractivity contribution is 0.0941. The lowest BCUT2D eigenvalue weighted by atomic mass is 10.1. The smallest absolute Gasteiger partial charge is 0.265 e. The van der Waals surface area contributed by atoms with Crippen molar-refractivity contribution in [1.82, 2.24) is 14.9 Å². The van der Waals surface area contributed by atoms with Crippen LogP contribution in [0.4, 0.5) is 0 Å². The molecule has 0 fully saturated rings. The predicted octanol–water partition coefficient (Wildman–Crippen LogP) is 4.50. The Balaban J connectivity index is 1.75. The molecule has 1 atom stereocenters. The summed E-state index contributed by atoms with van der Waals surface area (Å²) in [5.41, 5.74) is 2.06. The largest absolute Gasteiger partial charge is 0.494 e. The van der Waals surface area contributed by atoms with Crippen LogP contribution in [0.2, 0.25) is 0 Å². The fraction of sp³-hybridized carbons (Fsp3) is 0.222. The van der Waals surface area contributed by atoms with Gasteiger partial charge in [0.25, 0.3) is 5.91 Å². The minimum atomic E-state index is -0.137. The standard InChI is InChI=1S/C18H18BrN3O2S/c1-11(13-4-6-14(7-5-13)22-9-8-20-10-22)21-18(23)17-16(24-3)15(19)12(2)25-17/h4-11H,1-3H3,(H,21,23). The van der Waals surface area contributed by atoms with Crippen molar-refractivity contribution in [3.05, 3.63) is 62.8 Å². The highest BCUT2D eigenvalue weighted by Gasteiger charge is 2.22. The summed E-state index contributed by atoms with van der Waals surface area (Å²) in [6.07, 6.45) is 5.39. The number of nitrogens with one attached hydrogen (secondary N) is 1. The highest BCUT2D eigenvalue weighted by molar-refractivity contribution is 9.10. The maximum Gasteiger partial charge on any atom is 0.265 e. The van der Waals surface area contributed by atoms with Gasteiger partial charge in [-0.15, -0.1) is 11.3 Å². The molecule has 0 aliphatic carbocycles. The predicted molar refractivity (Wildman–Crippen MR) is 103 cm³/mol. The number of ether oxygens (including phenoxy) is 1. The number of aromatic nitrogens is 2. The Morgan fingerprint density at radius 3 is 2.68 bits per heavy atom. The topological polar surface area (TPSA) is 56.1 Å². The number of benzene rings is 1. The molecule has 1 unspecified atom stereocenters. The highest BCUT2D eigenvalue weighted by atomic mass is 79.9. The number of halogens is 1. The minimum Gasteiger partial charge on any atom is -0.494 e. The number of hydrogen-bond donors (Lipinski definition) is 1. The zero-order valence-electron chi connectivity index (χ0n) is 14.1. The third-order valence-electron chi connectivity index (χ3n) is 3.92. The van der Waals surface area contributed by atoms with Gasteiger partial charge in [0.2, 0.25) is 0 Å². The molecule has 2 heterocycles. The van der Waals surface area contributed by atoms with E-state index in [-0.39, 0.29) is 11.9 Å². The molecule has 5 nitrogen and oxygen atoms in total. The fourth-order valence-corrected chi connectivity index (χ4v) is 4.18. The summed E-state index contributed by atoms with van der Waals surface area (Å²) in [5.74, 6) is 0.449. The Kier molecular flexibility index (Phi) is 5.24. The van der Waals surface area contributed by atoms with E-state index >= 15 is 0 Å². The van der Waals surface area contributed by atoms with Crippen molar-refractivity contribution in [1.29, 1.82) is 0 Å². The third kappa shape index (κ3) is 3.62. The molecule has 3 rings (SSSR count). The molecule has 0 spiro atoms. The van der Waals surface area contributed by atoms with E-state index in [1.807, 2.05) is 48.9 Å². The van der Waals surface area contributed by atoms with Crippen LogP contribution < -0.4 is 10.1 Å². The van der Waals surface area contributed by atoms with E-state index in [2.05, 4.69) is 26.2 Å². The average molecular weight is 420 g/mol. The second-order valence-electron chi connectivity index (χ2n) is 5.59. The maximum absolute atomic E-state index is 12.6. The third-order valence-corrected chi connectivity index (χ3v) is 6.23. The van der Waals surface area contributed by atoms with Crippen LogP contribution in [0.1, 0.15) is 33.1 Å². The Labute approximate surface area is 158 Å². The van der Waals surface area contributed by atoms with Crippen molar-refractivity contribution < 1.29 is 9.53 Å². The lowest BCUT2D eigenvalue weighted by Gasteiger charge is -2.15. The highest BCUT2D eigenvalue weighted by Crippen LogP contribution is 2.39. The van der Waals surface area contributed by atoms with E-state index in [1.165, 1.54) is 11.3 Å². The molecule has 1 amide bonds. The van der Waals surface area contributed by atoms with Crippen molar-refractivity contribution in [2.75, 3.05) is 7.11 Å². The number of imidazole rings is 1. The van der Waals surface area contributed by atoms with Crippen LogP contribution in [-0.4, -0.2) is 22.6 Å². The van der Waals surface area contributed by atoms with Crippen LogP contribution in [0, 0.1) is 6.92 Å². The molecule has 130 valence electrons. The van der Waals surface area contributed by atoms with Crippen LogP contribution in [-0.2, 0) is 0 Å². The first-order chi connectivity index (χ1) is 12.0. The Morgan fingerprint density at radius 1 is 1.36 bits per heavy atom. The number of amides is 1. The molecule has 7 heteroatoms. The first-order valence-corrected chi connectivity index (χ1v) is 9.34.